The molecule has 5 heterocycles. The van der Waals surface area contributed by atoms with Crippen LogP contribution >= 0.6 is 11.3 Å². The van der Waals surface area contributed by atoms with Crippen LogP contribution in [0, 0.1) is 35.9 Å². The first-order valence-electron chi connectivity index (χ1n) is 15.9. The van der Waals surface area contributed by atoms with Gasteiger partial charge in [-0.2, -0.15) is 5.10 Å². The number of benzene rings is 1. The Kier molecular flexibility index (Phi) is 6.12. The van der Waals surface area contributed by atoms with Gasteiger partial charge >= 0.3 is 5.97 Å². The summed E-state index contributed by atoms with van der Waals surface area (Å²) in [5.74, 6) is 0.992. The van der Waals surface area contributed by atoms with Crippen molar-refractivity contribution in [3.05, 3.63) is 78.3 Å². The third kappa shape index (κ3) is 4.43. The van der Waals surface area contributed by atoms with Crippen LogP contribution < -0.4 is 5.32 Å². The second kappa shape index (κ2) is 10.2. The number of pyridine rings is 2. The molecule has 4 saturated carbocycles. The highest BCUT2D eigenvalue weighted by Crippen LogP contribution is 2.60. The van der Waals surface area contributed by atoms with Crippen molar-refractivity contribution < 1.29 is 14.3 Å². The molecule has 10 rings (SSSR count). The smallest absolute Gasteiger partial charge is 0.340 e. The molecule has 0 radical (unpaired) electrons. The summed E-state index contributed by atoms with van der Waals surface area (Å²) in [5.41, 5.74) is 4.87. The van der Waals surface area contributed by atoms with E-state index in [0.29, 0.717) is 27.4 Å². The molecule has 5 aromatic heterocycles. The molecular formula is C35H32FN7O2S. The molecule has 4 fully saturated rings. The van der Waals surface area contributed by atoms with Crippen molar-refractivity contribution in [2.24, 2.45) is 23.2 Å². The zero-order valence-corrected chi connectivity index (χ0v) is 26.1. The summed E-state index contributed by atoms with van der Waals surface area (Å²) in [6, 6.07) is 10.9. The minimum atomic E-state index is -1.08. The predicted octanol–water partition coefficient (Wildman–Crippen LogP) is 7.98. The monoisotopic (exact) mass is 633 g/mol. The number of thiazole rings is 1. The van der Waals surface area contributed by atoms with Gasteiger partial charge in [-0.15, -0.1) is 0 Å². The highest BCUT2D eigenvalue weighted by Gasteiger charge is 2.51. The summed E-state index contributed by atoms with van der Waals surface area (Å²) >= 11 is 1.42. The number of carbonyl (C=O) groups is 1. The van der Waals surface area contributed by atoms with Gasteiger partial charge in [0, 0.05) is 41.3 Å². The standard InChI is InChI=1S/C35H32FN7O2S/c1-19-25(16-39-43(19)18-35-12-20-8-21(13-35)10-22(9-20)14-35)24-6-7-42-28(17-38-32(42)30(24)33(44)45)23-11-26(36)31(37-15-23)41-34-40-27-4-2-3-5-29(27)46-34/h2-7,11,15-17,20-22H,8-10,12-14,18H2,1H3,(H,44,45)(H,37,40,41). The van der Waals surface area contributed by atoms with Crippen LogP contribution in [0.25, 0.3) is 38.2 Å². The van der Waals surface area contributed by atoms with Crippen LogP contribution in [0.5, 0.6) is 0 Å². The quantitative estimate of drug-likeness (QED) is 0.183. The maximum Gasteiger partial charge on any atom is 0.340 e. The van der Waals surface area contributed by atoms with Crippen LogP contribution in [0.3, 0.4) is 0 Å². The largest absolute Gasteiger partial charge is 0.478 e. The first-order chi connectivity index (χ1) is 22.3. The summed E-state index contributed by atoms with van der Waals surface area (Å²) < 4.78 is 20.1. The van der Waals surface area contributed by atoms with Gasteiger partial charge in [0.25, 0.3) is 0 Å². The van der Waals surface area contributed by atoms with Crippen LogP contribution in [0.2, 0.25) is 0 Å². The van der Waals surface area contributed by atoms with Crippen molar-refractivity contribution >= 4 is 44.1 Å². The van der Waals surface area contributed by atoms with Gasteiger partial charge in [-0.05, 0) is 92.9 Å². The molecule has 46 heavy (non-hydrogen) atoms. The molecule has 2 N–H and O–H groups in total. The van der Waals surface area contributed by atoms with Gasteiger partial charge < -0.3 is 10.4 Å². The number of aromatic nitrogens is 6. The topological polar surface area (TPSA) is 110 Å². The van der Waals surface area contributed by atoms with Gasteiger partial charge in [0.05, 0.1) is 28.3 Å². The zero-order chi connectivity index (χ0) is 31.2. The van der Waals surface area contributed by atoms with Crippen LogP contribution in [-0.2, 0) is 6.54 Å². The van der Waals surface area contributed by atoms with E-state index in [1.165, 1.54) is 55.9 Å². The van der Waals surface area contributed by atoms with Crippen LogP contribution in [-0.4, -0.2) is 40.2 Å². The first-order valence-corrected chi connectivity index (χ1v) is 16.7. The number of nitrogens with one attached hydrogen (secondary N) is 1. The molecule has 0 amide bonds. The number of fused-ring (bicyclic) bond motifs is 2. The van der Waals surface area contributed by atoms with Crippen LogP contribution in [0.1, 0.15) is 54.6 Å². The van der Waals surface area contributed by atoms with E-state index >= 15 is 4.39 Å². The summed E-state index contributed by atoms with van der Waals surface area (Å²) in [6.07, 6.45) is 14.7. The van der Waals surface area contributed by atoms with Gasteiger partial charge in [-0.1, -0.05) is 23.5 Å². The van der Waals surface area contributed by atoms with Crippen LogP contribution in [0.4, 0.5) is 15.3 Å². The second-order valence-corrected chi connectivity index (χ2v) is 14.7. The Labute approximate surface area is 268 Å². The van der Waals surface area contributed by atoms with Gasteiger partial charge in [0.1, 0.15) is 5.56 Å². The molecule has 4 bridgehead atoms. The van der Waals surface area contributed by atoms with E-state index in [2.05, 4.69) is 25.0 Å². The lowest BCUT2D eigenvalue weighted by Gasteiger charge is -2.56. The summed E-state index contributed by atoms with van der Waals surface area (Å²) in [6.45, 7) is 2.93. The minimum absolute atomic E-state index is 0.0613. The van der Waals surface area contributed by atoms with E-state index in [1.54, 1.807) is 35.3 Å². The molecule has 0 saturated heterocycles. The Balaban J connectivity index is 1.03. The van der Waals surface area contributed by atoms with Crippen LogP contribution in [0.15, 0.2) is 61.2 Å². The molecule has 0 spiro atoms. The normalized spacial score (nSPS) is 23.5. The number of halogens is 1. The van der Waals surface area contributed by atoms with E-state index in [1.807, 2.05) is 31.2 Å². The predicted molar refractivity (Wildman–Crippen MR) is 175 cm³/mol. The molecule has 0 unspecified atom stereocenters. The second-order valence-electron chi connectivity index (χ2n) is 13.6. The van der Waals surface area contributed by atoms with E-state index in [-0.39, 0.29) is 17.0 Å². The molecule has 0 atom stereocenters. The fourth-order valence-electron chi connectivity index (χ4n) is 9.07. The highest BCUT2D eigenvalue weighted by atomic mass is 32.1. The molecule has 0 aliphatic heterocycles. The van der Waals surface area contributed by atoms with Gasteiger partial charge in [0.15, 0.2) is 22.4 Å². The number of hydrogen-bond donors (Lipinski definition) is 2. The van der Waals surface area contributed by atoms with Crippen molar-refractivity contribution in [2.45, 2.75) is 52.0 Å². The fraction of sp³-hybridized carbons (Fsp3) is 0.343. The summed E-state index contributed by atoms with van der Waals surface area (Å²) in [5, 5.41) is 18.7. The maximum absolute atomic E-state index is 15.3. The Bertz CT molecular complexity index is 2110. The lowest BCUT2D eigenvalue weighted by molar-refractivity contribution is -0.0638. The lowest BCUT2D eigenvalue weighted by atomic mass is 9.49. The number of carboxylic acids is 1. The molecule has 11 heteroatoms. The van der Waals surface area contributed by atoms with Crippen molar-refractivity contribution in [1.29, 1.82) is 0 Å². The fourth-order valence-corrected chi connectivity index (χ4v) is 9.93. The first kappa shape index (κ1) is 27.7. The van der Waals surface area contributed by atoms with Crippen molar-refractivity contribution in [3.63, 3.8) is 0 Å². The van der Waals surface area contributed by atoms with E-state index in [9.17, 15) is 9.90 Å². The molecule has 232 valence electrons. The van der Waals surface area contributed by atoms with Gasteiger partial charge in [0.2, 0.25) is 0 Å². The zero-order valence-electron chi connectivity index (χ0n) is 25.3. The summed E-state index contributed by atoms with van der Waals surface area (Å²) in [4.78, 5) is 26.1. The summed E-state index contributed by atoms with van der Waals surface area (Å²) in [7, 11) is 0. The Morgan fingerprint density at radius 2 is 1.80 bits per heavy atom. The average Bonchev–Trinajstić information content (AvgIpc) is 3.73. The third-order valence-electron chi connectivity index (χ3n) is 10.6. The third-order valence-corrected chi connectivity index (χ3v) is 11.5. The number of rotatable bonds is 7. The number of aromatic carboxylic acids is 1. The molecular weight excluding hydrogens is 601 g/mol. The highest BCUT2D eigenvalue weighted by molar-refractivity contribution is 7.22. The molecule has 1 aromatic carbocycles. The molecule has 4 aliphatic rings. The molecule has 9 nitrogen and oxygen atoms in total. The Morgan fingerprint density at radius 1 is 1.04 bits per heavy atom. The van der Waals surface area contributed by atoms with E-state index in [4.69, 9.17) is 5.10 Å². The molecule has 4 aliphatic carbocycles. The van der Waals surface area contributed by atoms with E-state index < -0.39 is 11.8 Å². The Morgan fingerprint density at radius 3 is 2.52 bits per heavy atom. The number of para-hydroxylation sites is 1. The van der Waals surface area contributed by atoms with Gasteiger partial charge in [-0.3, -0.25) is 9.08 Å². The number of carboxylic acid groups (broad SMARTS) is 1. The van der Waals surface area contributed by atoms with Gasteiger partial charge in [-0.25, -0.2) is 24.1 Å². The van der Waals surface area contributed by atoms with Crippen molar-refractivity contribution in [2.75, 3.05) is 5.32 Å². The SMILES string of the molecule is Cc1c(-c2ccn3c(-c4cnc(Nc5nc6ccccc6s5)c(F)c4)cnc3c2C(=O)O)cnn1CC12CC3CC(CC(C3)C1)C2. The average molecular weight is 634 g/mol. The number of nitrogens with zero attached hydrogens (tertiary/aromatic N) is 6. The number of imidazole rings is 1. The Hall–Kier alpha value is -4.64. The van der Waals surface area contributed by atoms with Crippen molar-refractivity contribution in [1.82, 2.24) is 29.1 Å². The van der Waals surface area contributed by atoms with E-state index in [0.717, 1.165) is 45.8 Å². The maximum atomic E-state index is 15.3. The molecule has 6 aromatic rings. The van der Waals surface area contributed by atoms with Crippen molar-refractivity contribution in [3.8, 4) is 22.4 Å². The number of hydrogen-bond acceptors (Lipinski definition) is 7. The lowest BCUT2D eigenvalue weighted by Crippen LogP contribution is -2.48. The number of anilines is 2. The minimum Gasteiger partial charge on any atom is -0.478 e.